The molecule has 0 aliphatic carbocycles. The number of ether oxygens (including phenoxy) is 1. The highest BCUT2D eigenvalue weighted by atomic mass is 32.2. The topological polar surface area (TPSA) is 75.6 Å². The van der Waals surface area contributed by atoms with Crippen LogP contribution in [0.1, 0.15) is 0 Å². The molecule has 0 unspecified atom stereocenters. The van der Waals surface area contributed by atoms with Gasteiger partial charge in [-0.25, -0.2) is 0 Å². The maximum Gasteiger partial charge on any atom is 0.357 e. The van der Waals surface area contributed by atoms with E-state index in [0.717, 1.165) is 0 Å². The van der Waals surface area contributed by atoms with Crippen molar-refractivity contribution in [1.82, 2.24) is 0 Å². The van der Waals surface area contributed by atoms with Crippen LogP contribution < -0.4 is 9.46 Å². The van der Waals surface area contributed by atoms with Gasteiger partial charge in [-0.1, -0.05) is 30.3 Å². The zero-order chi connectivity index (χ0) is 13.0. The number of hydrogen-bond acceptors (Lipinski definition) is 3. The Bertz CT molecular complexity index is 626. The van der Waals surface area contributed by atoms with Crippen molar-refractivity contribution in [1.29, 1.82) is 0 Å². The molecule has 94 valence electrons. The molecule has 0 radical (unpaired) electrons. The van der Waals surface area contributed by atoms with Gasteiger partial charge in [-0.15, -0.1) is 0 Å². The van der Waals surface area contributed by atoms with E-state index in [4.69, 9.17) is 9.29 Å². The number of anilines is 1. The average molecular weight is 265 g/mol. The van der Waals surface area contributed by atoms with Crippen molar-refractivity contribution in [3.05, 3.63) is 54.6 Å². The summed E-state index contributed by atoms with van der Waals surface area (Å²) in [5.74, 6) is 0.878. The molecule has 2 rings (SSSR count). The second kappa shape index (κ2) is 5.07. The molecule has 2 N–H and O–H groups in total. The highest BCUT2D eigenvalue weighted by molar-refractivity contribution is 7.87. The van der Waals surface area contributed by atoms with Crippen molar-refractivity contribution >= 4 is 16.0 Å². The van der Waals surface area contributed by atoms with Crippen molar-refractivity contribution in [2.45, 2.75) is 0 Å². The fourth-order valence-corrected chi connectivity index (χ4v) is 1.84. The number of rotatable bonds is 4. The van der Waals surface area contributed by atoms with E-state index in [1.54, 1.807) is 42.5 Å². The van der Waals surface area contributed by atoms with Crippen LogP contribution in [0.2, 0.25) is 0 Å². The van der Waals surface area contributed by atoms with Crippen molar-refractivity contribution in [2.75, 3.05) is 4.72 Å². The quantitative estimate of drug-likeness (QED) is 0.833. The van der Waals surface area contributed by atoms with Crippen molar-refractivity contribution in [3.63, 3.8) is 0 Å². The third-order valence-electron chi connectivity index (χ3n) is 2.10. The Labute approximate surface area is 105 Å². The molecule has 0 fully saturated rings. The zero-order valence-corrected chi connectivity index (χ0v) is 10.1. The number of benzene rings is 2. The molecule has 0 aliphatic rings. The van der Waals surface area contributed by atoms with E-state index >= 15 is 0 Å². The smallest absolute Gasteiger partial charge is 0.357 e. The first-order valence-electron chi connectivity index (χ1n) is 5.12. The van der Waals surface area contributed by atoms with Gasteiger partial charge in [0.25, 0.3) is 0 Å². The highest BCUT2D eigenvalue weighted by Gasteiger charge is 2.09. The molecule has 0 heterocycles. The van der Waals surface area contributed by atoms with Crippen LogP contribution in [0, 0.1) is 0 Å². The molecule has 0 amide bonds. The van der Waals surface area contributed by atoms with E-state index < -0.39 is 10.3 Å². The van der Waals surface area contributed by atoms with Crippen LogP contribution in [0.3, 0.4) is 0 Å². The Morgan fingerprint density at radius 1 is 0.944 bits per heavy atom. The first-order chi connectivity index (χ1) is 8.54. The van der Waals surface area contributed by atoms with Gasteiger partial charge in [0.15, 0.2) is 5.75 Å². The summed E-state index contributed by atoms with van der Waals surface area (Å²) in [5, 5.41) is 0. The monoisotopic (exact) mass is 265 g/mol. The zero-order valence-electron chi connectivity index (χ0n) is 9.28. The molecule has 0 saturated carbocycles. The Hall–Kier alpha value is -2.05. The molecule has 2 aromatic carbocycles. The van der Waals surface area contributed by atoms with E-state index in [9.17, 15) is 8.42 Å². The summed E-state index contributed by atoms with van der Waals surface area (Å²) in [4.78, 5) is 0. The van der Waals surface area contributed by atoms with E-state index in [0.29, 0.717) is 11.5 Å². The predicted molar refractivity (Wildman–Crippen MR) is 68.1 cm³/mol. The highest BCUT2D eigenvalue weighted by Crippen LogP contribution is 2.29. The SMILES string of the molecule is O=S(=O)(O)Nc1ccccc1Oc1ccccc1. The van der Waals surface area contributed by atoms with E-state index in [-0.39, 0.29) is 5.69 Å². The number of nitrogens with one attached hydrogen (secondary N) is 1. The summed E-state index contributed by atoms with van der Waals surface area (Å²) in [6, 6.07) is 15.3. The number of hydrogen-bond donors (Lipinski definition) is 2. The Morgan fingerprint density at radius 3 is 2.22 bits per heavy atom. The second-order valence-corrected chi connectivity index (χ2v) is 4.64. The predicted octanol–water partition coefficient (Wildman–Crippen LogP) is 2.69. The fourth-order valence-electron chi connectivity index (χ4n) is 1.39. The summed E-state index contributed by atoms with van der Waals surface area (Å²) >= 11 is 0. The molecule has 0 bridgehead atoms. The largest absolute Gasteiger partial charge is 0.455 e. The van der Waals surface area contributed by atoms with E-state index in [1.165, 1.54) is 6.07 Å². The molecular weight excluding hydrogens is 254 g/mol. The first-order valence-corrected chi connectivity index (χ1v) is 6.56. The summed E-state index contributed by atoms with van der Waals surface area (Å²) < 4.78 is 37.8. The molecule has 0 aromatic heterocycles. The molecular formula is C12H11NO4S. The molecule has 0 saturated heterocycles. The van der Waals surface area contributed by atoms with Crippen LogP contribution in [0.5, 0.6) is 11.5 Å². The summed E-state index contributed by atoms with van der Waals surface area (Å²) in [6.07, 6.45) is 0. The van der Waals surface area contributed by atoms with Gasteiger partial charge >= 0.3 is 10.3 Å². The third kappa shape index (κ3) is 3.47. The Kier molecular flexibility index (Phi) is 3.50. The molecule has 2 aromatic rings. The lowest BCUT2D eigenvalue weighted by Gasteiger charge is -2.10. The molecule has 0 spiro atoms. The third-order valence-corrected chi connectivity index (χ3v) is 2.57. The Morgan fingerprint density at radius 2 is 1.56 bits per heavy atom. The fraction of sp³-hybridized carbons (Fsp3) is 0. The molecule has 0 aliphatic heterocycles. The lowest BCUT2D eigenvalue weighted by molar-refractivity contribution is 0.479. The van der Waals surface area contributed by atoms with Crippen LogP contribution in [-0.4, -0.2) is 13.0 Å². The first kappa shape index (κ1) is 12.4. The van der Waals surface area contributed by atoms with Gasteiger partial charge < -0.3 is 4.74 Å². The van der Waals surface area contributed by atoms with Crippen LogP contribution in [0.15, 0.2) is 54.6 Å². The van der Waals surface area contributed by atoms with Gasteiger partial charge in [0, 0.05) is 0 Å². The minimum absolute atomic E-state index is 0.170. The van der Waals surface area contributed by atoms with Gasteiger partial charge in [-0.2, -0.15) is 8.42 Å². The van der Waals surface area contributed by atoms with Gasteiger partial charge in [-0.3, -0.25) is 9.27 Å². The van der Waals surface area contributed by atoms with Gasteiger partial charge in [0.2, 0.25) is 0 Å². The molecule has 5 nitrogen and oxygen atoms in total. The van der Waals surface area contributed by atoms with Gasteiger partial charge in [0.1, 0.15) is 5.75 Å². The molecule has 6 heteroatoms. The summed E-state index contributed by atoms with van der Waals surface area (Å²) in [6.45, 7) is 0. The number of para-hydroxylation sites is 3. The second-order valence-electron chi connectivity index (χ2n) is 3.49. The average Bonchev–Trinajstić information content (AvgIpc) is 2.31. The van der Waals surface area contributed by atoms with Crippen molar-refractivity contribution in [2.24, 2.45) is 0 Å². The lowest BCUT2D eigenvalue weighted by Crippen LogP contribution is -2.10. The maximum atomic E-state index is 10.8. The van der Waals surface area contributed by atoms with Crippen LogP contribution >= 0.6 is 0 Å². The van der Waals surface area contributed by atoms with Crippen LogP contribution in [-0.2, 0) is 10.3 Å². The van der Waals surface area contributed by atoms with Crippen molar-refractivity contribution in [3.8, 4) is 11.5 Å². The van der Waals surface area contributed by atoms with Gasteiger partial charge in [0.05, 0.1) is 5.69 Å². The van der Waals surface area contributed by atoms with Crippen LogP contribution in [0.25, 0.3) is 0 Å². The normalized spacial score (nSPS) is 10.9. The summed E-state index contributed by atoms with van der Waals surface area (Å²) in [7, 11) is -4.32. The van der Waals surface area contributed by atoms with E-state index in [2.05, 4.69) is 0 Å². The standard InChI is InChI=1S/C12H11NO4S/c14-18(15,16)13-11-8-4-5-9-12(11)17-10-6-2-1-3-7-10/h1-9,13H,(H,14,15,16). The van der Waals surface area contributed by atoms with Crippen molar-refractivity contribution < 1.29 is 17.7 Å². The molecule has 0 atom stereocenters. The van der Waals surface area contributed by atoms with Crippen LogP contribution in [0.4, 0.5) is 5.69 Å². The maximum absolute atomic E-state index is 10.8. The van der Waals surface area contributed by atoms with Gasteiger partial charge in [-0.05, 0) is 24.3 Å². The lowest BCUT2D eigenvalue weighted by atomic mass is 10.3. The molecule has 18 heavy (non-hydrogen) atoms. The minimum Gasteiger partial charge on any atom is -0.455 e. The summed E-state index contributed by atoms with van der Waals surface area (Å²) in [5.41, 5.74) is 0.170. The minimum atomic E-state index is -4.32. The van der Waals surface area contributed by atoms with E-state index in [1.807, 2.05) is 10.8 Å². The Balaban J connectivity index is 2.28.